The van der Waals surface area contributed by atoms with Gasteiger partial charge in [0.05, 0.1) is 12.0 Å². The minimum absolute atomic E-state index is 0.106. The van der Waals surface area contributed by atoms with Crippen molar-refractivity contribution < 1.29 is 13.9 Å². The van der Waals surface area contributed by atoms with Crippen LogP contribution in [-0.4, -0.2) is 17.6 Å². The summed E-state index contributed by atoms with van der Waals surface area (Å²) in [6.07, 6.45) is 1.09. The van der Waals surface area contributed by atoms with Gasteiger partial charge in [-0.25, -0.2) is 9.78 Å². The molecule has 17 heavy (non-hydrogen) atoms. The van der Waals surface area contributed by atoms with Crippen LogP contribution in [0.1, 0.15) is 23.0 Å². The number of ether oxygens (including phenoxy) is 1. The van der Waals surface area contributed by atoms with E-state index in [1.54, 1.807) is 26.0 Å². The summed E-state index contributed by atoms with van der Waals surface area (Å²) in [6, 6.07) is 3.28. The van der Waals surface area contributed by atoms with Gasteiger partial charge in [-0.15, -0.1) is 0 Å². The van der Waals surface area contributed by atoms with Crippen LogP contribution in [0.2, 0.25) is 0 Å². The molecule has 0 fully saturated rings. The van der Waals surface area contributed by atoms with Crippen LogP contribution in [0.5, 0.6) is 0 Å². The number of nitrogens with zero attached hydrogens (tertiary/aromatic N) is 1. The van der Waals surface area contributed by atoms with E-state index in [1.165, 1.54) is 0 Å². The maximum Gasteiger partial charge on any atom is 0.345 e. The Hall–Kier alpha value is -2.17. The summed E-state index contributed by atoms with van der Waals surface area (Å²) in [6.45, 7) is 3.67. The smallest absolute Gasteiger partial charge is 0.345 e. The van der Waals surface area contributed by atoms with Crippen LogP contribution in [0.15, 0.2) is 27.6 Å². The van der Waals surface area contributed by atoms with E-state index in [2.05, 4.69) is 4.98 Å². The standard InChI is InChI=1S/C12H11NO4/c1-3-16-12(15)9-6-17-11-8(10(9)14)5-4-7(2)13-11/h4-6H,3H2,1-2H3. The van der Waals surface area contributed by atoms with Crippen LogP contribution in [0.3, 0.4) is 0 Å². The van der Waals surface area contributed by atoms with Gasteiger partial charge in [0.2, 0.25) is 11.1 Å². The molecule has 0 bridgehead atoms. The zero-order valence-electron chi connectivity index (χ0n) is 9.52. The molecule has 88 valence electrons. The molecule has 0 aliphatic heterocycles. The van der Waals surface area contributed by atoms with Crippen molar-refractivity contribution in [2.45, 2.75) is 13.8 Å². The van der Waals surface area contributed by atoms with Crippen molar-refractivity contribution >= 4 is 17.1 Å². The molecular weight excluding hydrogens is 222 g/mol. The molecule has 0 aliphatic carbocycles. The molecule has 0 amide bonds. The molecule has 5 nitrogen and oxygen atoms in total. The number of pyridine rings is 1. The summed E-state index contributed by atoms with van der Waals surface area (Å²) in [7, 11) is 0. The highest BCUT2D eigenvalue weighted by Gasteiger charge is 2.15. The van der Waals surface area contributed by atoms with Crippen molar-refractivity contribution in [1.82, 2.24) is 4.98 Å². The summed E-state index contributed by atoms with van der Waals surface area (Å²) in [5, 5.41) is 0.279. The Morgan fingerprint density at radius 2 is 2.24 bits per heavy atom. The Morgan fingerprint density at radius 3 is 2.94 bits per heavy atom. The van der Waals surface area contributed by atoms with E-state index >= 15 is 0 Å². The molecule has 0 unspecified atom stereocenters. The summed E-state index contributed by atoms with van der Waals surface area (Å²) in [5.41, 5.74) is 0.440. The number of hydrogen-bond acceptors (Lipinski definition) is 5. The zero-order chi connectivity index (χ0) is 12.4. The number of carbonyl (C=O) groups excluding carboxylic acids is 1. The Bertz CT molecular complexity index is 630. The van der Waals surface area contributed by atoms with Crippen LogP contribution in [0.4, 0.5) is 0 Å². The third kappa shape index (κ3) is 2.04. The predicted molar refractivity (Wildman–Crippen MR) is 61.0 cm³/mol. The molecule has 5 heteroatoms. The average molecular weight is 233 g/mol. The molecule has 2 heterocycles. The lowest BCUT2D eigenvalue weighted by molar-refractivity contribution is 0.0522. The zero-order valence-corrected chi connectivity index (χ0v) is 9.52. The number of carbonyl (C=O) groups is 1. The van der Waals surface area contributed by atoms with Gasteiger partial charge >= 0.3 is 5.97 Å². The third-order valence-electron chi connectivity index (χ3n) is 2.27. The fourth-order valence-electron chi connectivity index (χ4n) is 1.46. The highest BCUT2D eigenvalue weighted by atomic mass is 16.5. The van der Waals surface area contributed by atoms with E-state index < -0.39 is 11.4 Å². The van der Waals surface area contributed by atoms with E-state index in [9.17, 15) is 9.59 Å². The maximum atomic E-state index is 12.0. The lowest BCUT2D eigenvalue weighted by atomic mass is 10.2. The number of aryl methyl sites for hydroxylation is 1. The molecule has 0 saturated carbocycles. The van der Waals surface area contributed by atoms with Crippen LogP contribution in [0, 0.1) is 6.92 Å². The summed E-state index contributed by atoms with van der Waals surface area (Å²) in [5.74, 6) is -0.677. The van der Waals surface area contributed by atoms with Crippen LogP contribution < -0.4 is 5.43 Å². The minimum atomic E-state index is -0.677. The summed E-state index contributed by atoms with van der Waals surface area (Å²) in [4.78, 5) is 27.5. The van der Waals surface area contributed by atoms with Gasteiger partial charge in [0.15, 0.2) is 0 Å². The SMILES string of the molecule is CCOC(=O)c1coc2nc(C)ccc2c1=O. The fraction of sp³-hybridized carbons (Fsp3) is 0.250. The first-order chi connectivity index (χ1) is 8.13. The van der Waals surface area contributed by atoms with E-state index in [-0.39, 0.29) is 23.3 Å². The van der Waals surface area contributed by atoms with Crippen molar-refractivity contribution in [2.75, 3.05) is 6.61 Å². The van der Waals surface area contributed by atoms with E-state index in [0.29, 0.717) is 0 Å². The van der Waals surface area contributed by atoms with E-state index in [0.717, 1.165) is 12.0 Å². The van der Waals surface area contributed by atoms with Gasteiger partial charge in [-0.3, -0.25) is 4.79 Å². The van der Waals surface area contributed by atoms with Gasteiger partial charge in [-0.1, -0.05) is 0 Å². The van der Waals surface area contributed by atoms with Crippen LogP contribution in [0.25, 0.3) is 11.1 Å². The molecule has 0 atom stereocenters. The molecule has 0 spiro atoms. The van der Waals surface area contributed by atoms with Crippen molar-refractivity contribution in [3.63, 3.8) is 0 Å². The van der Waals surface area contributed by atoms with Gasteiger partial charge in [0.1, 0.15) is 11.8 Å². The van der Waals surface area contributed by atoms with Crippen LogP contribution in [-0.2, 0) is 4.74 Å². The molecule has 0 saturated heterocycles. The minimum Gasteiger partial charge on any atom is -0.462 e. The molecule has 0 radical (unpaired) electrons. The number of fused-ring (bicyclic) bond motifs is 1. The number of hydrogen-bond donors (Lipinski definition) is 0. The van der Waals surface area contributed by atoms with Crippen molar-refractivity contribution in [2.24, 2.45) is 0 Å². The highest BCUT2D eigenvalue weighted by molar-refractivity contribution is 5.92. The Morgan fingerprint density at radius 1 is 1.47 bits per heavy atom. The number of aromatic nitrogens is 1. The second kappa shape index (κ2) is 4.37. The summed E-state index contributed by atoms with van der Waals surface area (Å²) < 4.78 is 9.92. The van der Waals surface area contributed by atoms with Gasteiger partial charge in [-0.2, -0.15) is 0 Å². The molecule has 2 rings (SSSR count). The molecule has 0 aliphatic rings. The van der Waals surface area contributed by atoms with Crippen molar-refractivity contribution in [1.29, 1.82) is 0 Å². The quantitative estimate of drug-likeness (QED) is 0.738. The topological polar surface area (TPSA) is 69.4 Å². The Labute approximate surface area is 97.0 Å². The van der Waals surface area contributed by atoms with E-state index in [1.807, 2.05) is 0 Å². The summed E-state index contributed by atoms with van der Waals surface area (Å²) >= 11 is 0. The van der Waals surface area contributed by atoms with Crippen molar-refractivity contribution in [3.05, 3.63) is 39.9 Å². The second-order valence-corrected chi connectivity index (χ2v) is 3.50. The highest BCUT2D eigenvalue weighted by Crippen LogP contribution is 2.10. The van der Waals surface area contributed by atoms with Gasteiger partial charge in [0, 0.05) is 5.69 Å². The molecule has 0 aromatic carbocycles. The lowest BCUT2D eigenvalue weighted by Crippen LogP contribution is -2.17. The monoisotopic (exact) mass is 233 g/mol. The molecule has 2 aromatic rings. The molecule has 2 aromatic heterocycles. The van der Waals surface area contributed by atoms with Gasteiger partial charge in [-0.05, 0) is 26.0 Å². The van der Waals surface area contributed by atoms with Crippen molar-refractivity contribution in [3.8, 4) is 0 Å². The first kappa shape index (κ1) is 11.3. The Kier molecular flexibility index (Phi) is 2.91. The number of rotatable bonds is 2. The van der Waals surface area contributed by atoms with E-state index in [4.69, 9.17) is 9.15 Å². The maximum absolute atomic E-state index is 12.0. The lowest BCUT2D eigenvalue weighted by Gasteiger charge is -2.02. The van der Waals surface area contributed by atoms with Crippen LogP contribution >= 0.6 is 0 Å². The van der Waals surface area contributed by atoms with Gasteiger partial charge in [0.25, 0.3) is 0 Å². The largest absolute Gasteiger partial charge is 0.462 e. The normalized spacial score (nSPS) is 10.5. The Balaban J connectivity index is 2.62. The third-order valence-corrected chi connectivity index (χ3v) is 2.27. The number of esters is 1. The predicted octanol–water partition coefficient (Wildman–Crippen LogP) is 1.67. The first-order valence-electron chi connectivity index (χ1n) is 5.19. The van der Waals surface area contributed by atoms with Gasteiger partial charge < -0.3 is 9.15 Å². The second-order valence-electron chi connectivity index (χ2n) is 3.50. The fourth-order valence-corrected chi connectivity index (χ4v) is 1.46. The first-order valence-corrected chi connectivity index (χ1v) is 5.19. The molecule has 0 N–H and O–H groups in total. The molecular formula is C12H11NO4. The average Bonchev–Trinajstić information content (AvgIpc) is 2.29.